The Kier molecular flexibility index (Phi) is 7.18. The predicted molar refractivity (Wildman–Crippen MR) is 110 cm³/mol. The lowest BCUT2D eigenvalue weighted by atomic mass is 10.2. The summed E-state index contributed by atoms with van der Waals surface area (Å²) in [6.07, 6.45) is 1.46. The normalized spacial score (nSPS) is 14.8. The van der Waals surface area contributed by atoms with Crippen LogP contribution >= 0.6 is 0 Å². The van der Waals surface area contributed by atoms with Gasteiger partial charge in [0.25, 0.3) is 8.32 Å². The summed E-state index contributed by atoms with van der Waals surface area (Å²) in [5, 5.41) is 11.9. The third kappa shape index (κ3) is 4.44. The SMILES string of the molecule is CO[C@H]([CH][C@H](C)O[Si](c1ccccc1)(c1ccccc1)C(C)(C)C)CO. The largest absolute Gasteiger partial charge is 0.404 e. The maximum atomic E-state index is 9.47. The van der Waals surface area contributed by atoms with Crippen LogP contribution in [0.2, 0.25) is 5.04 Å². The van der Waals surface area contributed by atoms with Gasteiger partial charge in [-0.05, 0) is 22.3 Å². The zero-order valence-electron chi connectivity index (χ0n) is 16.5. The van der Waals surface area contributed by atoms with E-state index in [-0.39, 0.29) is 23.9 Å². The quantitative estimate of drug-likeness (QED) is 0.725. The second-order valence-electron chi connectivity index (χ2n) is 7.64. The first-order valence-electron chi connectivity index (χ1n) is 9.12. The zero-order chi connectivity index (χ0) is 19.2. The van der Waals surface area contributed by atoms with Crippen LogP contribution in [0, 0.1) is 6.42 Å². The smallest absolute Gasteiger partial charge is 0.261 e. The molecule has 0 amide bonds. The second-order valence-corrected chi connectivity index (χ2v) is 11.9. The Labute approximate surface area is 159 Å². The fourth-order valence-electron chi connectivity index (χ4n) is 3.53. The van der Waals surface area contributed by atoms with Gasteiger partial charge in [0, 0.05) is 19.6 Å². The molecule has 0 aliphatic carbocycles. The van der Waals surface area contributed by atoms with Crippen molar-refractivity contribution in [2.45, 2.75) is 44.9 Å². The molecule has 141 valence electrons. The van der Waals surface area contributed by atoms with Crippen LogP contribution in [0.4, 0.5) is 0 Å². The van der Waals surface area contributed by atoms with Crippen molar-refractivity contribution in [3.05, 3.63) is 67.1 Å². The van der Waals surface area contributed by atoms with Crippen molar-refractivity contribution in [3.63, 3.8) is 0 Å². The van der Waals surface area contributed by atoms with E-state index < -0.39 is 8.32 Å². The number of rotatable bonds is 8. The lowest BCUT2D eigenvalue weighted by Gasteiger charge is -2.45. The van der Waals surface area contributed by atoms with E-state index in [0.29, 0.717) is 0 Å². The van der Waals surface area contributed by atoms with E-state index in [1.54, 1.807) is 7.11 Å². The summed E-state index contributed by atoms with van der Waals surface area (Å²) < 4.78 is 12.2. The van der Waals surface area contributed by atoms with Crippen LogP contribution in [0.25, 0.3) is 0 Å². The Morgan fingerprint density at radius 2 is 1.42 bits per heavy atom. The predicted octanol–water partition coefficient (Wildman–Crippen LogP) is 3.16. The molecule has 0 unspecified atom stereocenters. The van der Waals surface area contributed by atoms with Crippen molar-refractivity contribution in [3.8, 4) is 0 Å². The molecule has 0 fully saturated rings. The zero-order valence-corrected chi connectivity index (χ0v) is 17.5. The maximum Gasteiger partial charge on any atom is 0.261 e. The van der Waals surface area contributed by atoms with E-state index in [4.69, 9.17) is 9.16 Å². The minimum atomic E-state index is -2.57. The Bertz CT molecular complexity index is 609. The van der Waals surface area contributed by atoms with Crippen molar-refractivity contribution < 1.29 is 14.3 Å². The summed E-state index contributed by atoms with van der Waals surface area (Å²) in [7, 11) is -0.969. The van der Waals surface area contributed by atoms with Crippen LogP contribution < -0.4 is 10.4 Å². The van der Waals surface area contributed by atoms with Gasteiger partial charge in [-0.1, -0.05) is 81.4 Å². The Hall–Kier alpha value is -1.46. The molecule has 4 heteroatoms. The van der Waals surface area contributed by atoms with Crippen molar-refractivity contribution >= 4 is 18.7 Å². The van der Waals surface area contributed by atoms with Crippen LogP contribution in [-0.4, -0.2) is 39.3 Å². The van der Waals surface area contributed by atoms with Gasteiger partial charge in [0.05, 0.1) is 12.7 Å². The third-order valence-electron chi connectivity index (χ3n) is 4.75. The van der Waals surface area contributed by atoms with Crippen molar-refractivity contribution in [2.24, 2.45) is 0 Å². The van der Waals surface area contributed by atoms with E-state index in [0.717, 1.165) is 0 Å². The average Bonchev–Trinajstić information content (AvgIpc) is 2.64. The van der Waals surface area contributed by atoms with Gasteiger partial charge in [-0.3, -0.25) is 0 Å². The number of ether oxygens (including phenoxy) is 1. The van der Waals surface area contributed by atoms with E-state index in [9.17, 15) is 5.11 Å². The van der Waals surface area contributed by atoms with E-state index in [1.165, 1.54) is 10.4 Å². The van der Waals surface area contributed by atoms with Gasteiger partial charge >= 0.3 is 0 Å². The van der Waals surface area contributed by atoms with Crippen LogP contribution in [0.15, 0.2) is 60.7 Å². The molecule has 0 bridgehead atoms. The molecular weight excluding hydrogens is 340 g/mol. The number of hydrogen-bond donors (Lipinski definition) is 1. The molecule has 0 saturated carbocycles. The van der Waals surface area contributed by atoms with Crippen LogP contribution in [0.5, 0.6) is 0 Å². The van der Waals surface area contributed by atoms with Gasteiger partial charge < -0.3 is 14.3 Å². The fourth-order valence-corrected chi connectivity index (χ4v) is 8.18. The number of aliphatic hydroxyl groups is 1. The first-order valence-corrected chi connectivity index (χ1v) is 11.0. The van der Waals surface area contributed by atoms with E-state index in [1.807, 2.05) is 25.5 Å². The number of hydrogen-bond acceptors (Lipinski definition) is 3. The molecule has 0 aliphatic heterocycles. The summed E-state index contributed by atoms with van der Waals surface area (Å²) in [5.41, 5.74) is 0. The van der Waals surface area contributed by atoms with Crippen LogP contribution in [0.3, 0.4) is 0 Å². The van der Waals surface area contributed by atoms with E-state index >= 15 is 0 Å². The number of benzene rings is 2. The van der Waals surface area contributed by atoms with Crippen molar-refractivity contribution in [2.75, 3.05) is 13.7 Å². The highest BCUT2D eigenvalue weighted by atomic mass is 28.4. The number of aliphatic hydroxyl groups excluding tert-OH is 1. The molecule has 2 aromatic rings. The summed E-state index contributed by atoms with van der Waals surface area (Å²) in [6.45, 7) is 8.75. The van der Waals surface area contributed by atoms with Gasteiger partial charge in [0.1, 0.15) is 0 Å². The third-order valence-corrected chi connectivity index (χ3v) is 9.88. The van der Waals surface area contributed by atoms with Gasteiger partial charge in [-0.15, -0.1) is 0 Å². The molecule has 26 heavy (non-hydrogen) atoms. The minimum Gasteiger partial charge on any atom is -0.404 e. The molecule has 1 radical (unpaired) electrons. The summed E-state index contributed by atoms with van der Waals surface area (Å²) in [4.78, 5) is 0. The topological polar surface area (TPSA) is 38.7 Å². The standard InChI is InChI=1S/C22H31O3Si/c1-18(16-19(17-23)24-5)25-26(22(2,3)4,20-12-8-6-9-13-20)21-14-10-7-11-15-21/h6-16,18-19,23H,17H2,1-5H3/t18-,19+/m0/s1. The Morgan fingerprint density at radius 1 is 0.962 bits per heavy atom. The molecule has 2 aromatic carbocycles. The second kappa shape index (κ2) is 8.96. The molecule has 0 spiro atoms. The lowest BCUT2D eigenvalue weighted by molar-refractivity contribution is 0.0542. The molecule has 3 nitrogen and oxygen atoms in total. The molecule has 1 N–H and O–H groups in total. The van der Waals surface area contributed by atoms with E-state index in [2.05, 4.69) is 69.3 Å². The average molecular weight is 372 g/mol. The molecular formula is C22H31O3Si. The van der Waals surface area contributed by atoms with Gasteiger partial charge in [0.15, 0.2) is 0 Å². The molecule has 0 heterocycles. The Morgan fingerprint density at radius 3 is 1.77 bits per heavy atom. The highest BCUT2D eigenvalue weighted by Crippen LogP contribution is 2.37. The highest BCUT2D eigenvalue weighted by molar-refractivity contribution is 6.99. The van der Waals surface area contributed by atoms with Crippen molar-refractivity contribution in [1.82, 2.24) is 0 Å². The van der Waals surface area contributed by atoms with Gasteiger partial charge in [0.2, 0.25) is 0 Å². The van der Waals surface area contributed by atoms with Gasteiger partial charge in [-0.25, -0.2) is 0 Å². The summed E-state index contributed by atoms with van der Waals surface area (Å²) in [6, 6.07) is 21.1. The molecule has 0 aromatic heterocycles. The summed E-state index contributed by atoms with van der Waals surface area (Å²) >= 11 is 0. The van der Waals surface area contributed by atoms with Gasteiger partial charge in [-0.2, -0.15) is 0 Å². The minimum absolute atomic E-state index is 0.0506. The fraction of sp³-hybridized carbons (Fsp3) is 0.409. The molecule has 0 saturated heterocycles. The number of methoxy groups -OCH3 is 1. The molecule has 2 atom stereocenters. The first kappa shape index (κ1) is 20.8. The summed E-state index contributed by atoms with van der Waals surface area (Å²) in [5.74, 6) is 0. The monoisotopic (exact) mass is 371 g/mol. The van der Waals surface area contributed by atoms with Crippen molar-refractivity contribution in [1.29, 1.82) is 0 Å². The van der Waals surface area contributed by atoms with Crippen LogP contribution in [-0.2, 0) is 9.16 Å². The molecule has 2 rings (SSSR count). The Balaban J connectivity index is 2.54. The lowest BCUT2D eigenvalue weighted by Crippen LogP contribution is -2.67. The molecule has 0 aliphatic rings. The first-order chi connectivity index (χ1) is 12.3. The maximum absolute atomic E-state index is 9.47. The van der Waals surface area contributed by atoms with Crippen LogP contribution in [0.1, 0.15) is 27.7 Å². The highest BCUT2D eigenvalue weighted by Gasteiger charge is 2.51.